The topological polar surface area (TPSA) is 105 Å². The second-order valence-corrected chi connectivity index (χ2v) is 8.23. The first-order chi connectivity index (χ1) is 14.7. The van der Waals surface area contributed by atoms with E-state index in [9.17, 15) is 22.4 Å². The first-order valence-corrected chi connectivity index (χ1v) is 10.9. The molecular weight excluding hydrogens is 425 g/mol. The molecule has 0 aromatic heterocycles. The quantitative estimate of drug-likeness (QED) is 0.476. The van der Waals surface area contributed by atoms with Crippen molar-refractivity contribution < 1.29 is 27.1 Å². The standard InChI is InChI=1S/C21H24FN3O5S/c1-4-25(5-2)31(28,29)17-8-6-7-16(14-17)21(27)24-23-20(26)12-10-15-9-11-19(30-3)18(22)13-15/h6-14H,4-5H2,1-3H3,(H,23,26)(H,24,27)/b12-10+. The maximum absolute atomic E-state index is 13.7. The summed E-state index contributed by atoms with van der Waals surface area (Å²) in [5.74, 6) is -1.83. The normalized spacial score (nSPS) is 11.5. The molecule has 0 fully saturated rings. The molecule has 2 N–H and O–H groups in total. The number of methoxy groups -OCH3 is 1. The van der Waals surface area contributed by atoms with Gasteiger partial charge in [0.1, 0.15) is 0 Å². The van der Waals surface area contributed by atoms with Crippen molar-refractivity contribution in [1.29, 1.82) is 0 Å². The third-order valence-electron chi connectivity index (χ3n) is 4.34. The van der Waals surface area contributed by atoms with Crippen LogP contribution in [-0.2, 0) is 14.8 Å². The van der Waals surface area contributed by atoms with E-state index < -0.39 is 27.7 Å². The average Bonchev–Trinajstić information content (AvgIpc) is 2.76. The summed E-state index contributed by atoms with van der Waals surface area (Å²) in [5.41, 5.74) is 4.89. The fourth-order valence-corrected chi connectivity index (χ4v) is 4.21. The molecule has 0 spiro atoms. The zero-order valence-electron chi connectivity index (χ0n) is 17.4. The Balaban J connectivity index is 2.02. The molecule has 2 amide bonds. The molecule has 31 heavy (non-hydrogen) atoms. The molecule has 0 bridgehead atoms. The van der Waals surface area contributed by atoms with E-state index in [0.717, 1.165) is 6.08 Å². The lowest BCUT2D eigenvalue weighted by atomic mass is 10.2. The van der Waals surface area contributed by atoms with Gasteiger partial charge in [0.15, 0.2) is 11.6 Å². The Bertz CT molecular complexity index is 1080. The predicted octanol–water partition coefficient (Wildman–Crippen LogP) is 2.34. The molecule has 0 saturated carbocycles. The molecule has 0 aliphatic carbocycles. The van der Waals surface area contributed by atoms with Gasteiger partial charge >= 0.3 is 0 Å². The number of amides is 2. The first kappa shape index (κ1) is 24.0. The molecule has 2 rings (SSSR count). The van der Waals surface area contributed by atoms with Crippen LogP contribution in [0, 0.1) is 5.82 Å². The Morgan fingerprint density at radius 3 is 2.42 bits per heavy atom. The number of halogens is 1. The van der Waals surface area contributed by atoms with E-state index in [0.29, 0.717) is 18.7 Å². The maximum Gasteiger partial charge on any atom is 0.269 e. The molecule has 166 valence electrons. The molecule has 0 radical (unpaired) electrons. The van der Waals surface area contributed by atoms with Crippen LogP contribution in [0.25, 0.3) is 6.08 Å². The summed E-state index contributed by atoms with van der Waals surface area (Å²) in [4.78, 5) is 24.2. The van der Waals surface area contributed by atoms with Crippen LogP contribution >= 0.6 is 0 Å². The highest BCUT2D eigenvalue weighted by atomic mass is 32.2. The smallest absolute Gasteiger partial charge is 0.269 e. The summed E-state index contributed by atoms with van der Waals surface area (Å²) in [6, 6.07) is 9.71. The number of hydrazine groups is 1. The number of hydrogen-bond acceptors (Lipinski definition) is 5. The van der Waals surface area contributed by atoms with Crippen molar-refractivity contribution in [3.63, 3.8) is 0 Å². The third-order valence-corrected chi connectivity index (χ3v) is 6.39. The molecule has 0 aliphatic heterocycles. The maximum atomic E-state index is 13.7. The second-order valence-electron chi connectivity index (χ2n) is 6.29. The van der Waals surface area contributed by atoms with Crippen molar-refractivity contribution in [2.75, 3.05) is 20.2 Å². The molecule has 0 heterocycles. The highest BCUT2D eigenvalue weighted by Crippen LogP contribution is 2.18. The van der Waals surface area contributed by atoms with Gasteiger partial charge in [-0.25, -0.2) is 12.8 Å². The van der Waals surface area contributed by atoms with Gasteiger partial charge in [0.2, 0.25) is 10.0 Å². The first-order valence-electron chi connectivity index (χ1n) is 9.45. The summed E-state index contributed by atoms with van der Waals surface area (Å²) >= 11 is 0. The lowest BCUT2D eigenvalue weighted by Crippen LogP contribution is -2.40. The molecule has 2 aromatic carbocycles. The van der Waals surface area contributed by atoms with E-state index in [4.69, 9.17) is 4.74 Å². The van der Waals surface area contributed by atoms with Gasteiger partial charge in [0, 0.05) is 24.7 Å². The van der Waals surface area contributed by atoms with Crippen LogP contribution in [0.1, 0.15) is 29.8 Å². The second kappa shape index (κ2) is 10.7. The molecule has 0 aliphatic rings. The molecule has 0 saturated heterocycles. The van der Waals surface area contributed by atoms with Gasteiger partial charge in [-0.05, 0) is 42.0 Å². The Morgan fingerprint density at radius 1 is 1.10 bits per heavy atom. The summed E-state index contributed by atoms with van der Waals surface area (Å²) in [7, 11) is -2.38. The van der Waals surface area contributed by atoms with Crippen LogP contribution in [0.2, 0.25) is 0 Å². The van der Waals surface area contributed by atoms with Gasteiger partial charge in [0.25, 0.3) is 11.8 Å². The highest BCUT2D eigenvalue weighted by Gasteiger charge is 2.22. The average molecular weight is 450 g/mol. The number of sulfonamides is 1. The van der Waals surface area contributed by atoms with Gasteiger partial charge in [-0.3, -0.25) is 20.4 Å². The zero-order chi connectivity index (χ0) is 23.0. The number of nitrogens with zero attached hydrogens (tertiary/aromatic N) is 1. The molecule has 8 nitrogen and oxygen atoms in total. The van der Waals surface area contributed by atoms with Crippen molar-refractivity contribution in [1.82, 2.24) is 15.2 Å². The summed E-state index contributed by atoms with van der Waals surface area (Å²) in [6.07, 6.45) is 2.48. The van der Waals surface area contributed by atoms with E-state index >= 15 is 0 Å². The number of carbonyl (C=O) groups excluding carboxylic acids is 2. The lowest BCUT2D eigenvalue weighted by Gasteiger charge is -2.18. The molecule has 2 aromatic rings. The van der Waals surface area contributed by atoms with Crippen LogP contribution in [0.5, 0.6) is 5.75 Å². The molecule has 0 unspecified atom stereocenters. The Kier molecular flexibility index (Phi) is 8.29. The van der Waals surface area contributed by atoms with Crippen molar-refractivity contribution in [2.45, 2.75) is 18.7 Å². The van der Waals surface area contributed by atoms with Gasteiger partial charge in [-0.2, -0.15) is 4.31 Å². The monoisotopic (exact) mass is 449 g/mol. The largest absolute Gasteiger partial charge is 0.494 e. The summed E-state index contributed by atoms with van der Waals surface area (Å²) in [5, 5.41) is 0. The summed E-state index contributed by atoms with van der Waals surface area (Å²) < 4.78 is 45.0. The Morgan fingerprint density at radius 2 is 1.81 bits per heavy atom. The van der Waals surface area contributed by atoms with Crippen LogP contribution in [0.15, 0.2) is 53.4 Å². The minimum Gasteiger partial charge on any atom is -0.494 e. The van der Waals surface area contributed by atoms with Crippen LogP contribution in [0.4, 0.5) is 4.39 Å². The molecule has 0 atom stereocenters. The van der Waals surface area contributed by atoms with Gasteiger partial charge < -0.3 is 4.74 Å². The van der Waals surface area contributed by atoms with Crippen molar-refractivity contribution in [3.8, 4) is 5.75 Å². The molecular formula is C21H24FN3O5S. The van der Waals surface area contributed by atoms with E-state index in [1.165, 1.54) is 53.9 Å². The van der Waals surface area contributed by atoms with E-state index in [-0.39, 0.29) is 16.2 Å². The van der Waals surface area contributed by atoms with Gasteiger partial charge in [-0.15, -0.1) is 0 Å². The van der Waals surface area contributed by atoms with Crippen molar-refractivity contribution in [3.05, 3.63) is 65.5 Å². The van der Waals surface area contributed by atoms with E-state index in [2.05, 4.69) is 10.9 Å². The minimum atomic E-state index is -3.72. The number of benzene rings is 2. The number of ether oxygens (including phenoxy) is 1. The fourth-order valence-electron chi connectivity index (χ4n) is 2.70. The van der Waals surface area contributed by atoms with Crippen LogP contribution in [0.3, 0.4) is 0 Å². The van der Waals surface area contributed by atoms with Crippen LogP contribution in [-0.4, -0.2) is 44.7 Å². The summed E-state index contributed by atoms with van der Waals surface area (Å²) in [6.45, 7) is 4.05. The number of rotatable bonds is 8. The lowest BCUT2D eigenvalue weighted by molar-refractivity contribution is -0.117. The number of carbonyl (C=O) groups is 2. The Labute approximate surface area is 180 Å². The number of hydrogen-bond donors (Lipinski definition) is 2. The predicted molar refractivity (Wildman–Crippen MR) is 114 cm³/mol. The minimum absolute atomic E-state index is 0.0170. The Hall–Kier alpha value is -3.24. The van der Waals surface area contributed by atoms with E-state index in [1.54, 1.807) is 19.9 Å². The van der Waals surface area contributed by atoms with Crippen molar-refractivity contribution in [2.24, 2.45) is 0 Å². The number of nitrogens with one attached hydrogen (secondary N) is 2. The van der Waals surface area contributed by atoms with E-state index in [1.807, 2.05) is 0 Å². The van der Waals surface area contributed by atoms with Gasteiger partial charge in [-0.1, -0.05) is 26.0 Å². The van der Waals surface area contributed by atoms with Gasteiger partial charge in [0.05, 0.1) is 12.0 Å². The highest BCUT2D eigenvalue weighted by molar-refractivity contribution is 7.89. The fraction of sp³-hybridized carbons (Fsp3) is 0.238. The zero-order valence-corrected chi connectivity index (χ0v) is 18.2. The van der Waals surface area contributed by atoms with Crippen LogP contribution < -0.4 is 15.6 Å². The third kappa shape index (κ3) is 6.12. The molecule has 10 heteroatoms. The van der Waals surface area contributed by atoms with Crippen molar-refractivity contribution >= 4 is 27.9 Å². The SMILES string of the molecule is CCN(CC)S(=O)(=O)c1cccc(C(=O)NNC(=O)/C=C/c2ccc(OC)c(F)c2)c1.